The van der Waals surface area contributed by atoms with Crippen LogP contribution in [0.5, 0.6) is 5.75 Å². The summed E-state index contributed by atoms with van der Waals surface area (Å²) >= 11 is 6.08. The Kier molecular flexibility index (Phi) is 6.79. The van der Waals surface area contributed by atoms with E-state index in [-0.39, 0.29) is 18.3 Å². The van der Waals surface area contributed by atoms with Crippen LogP contribution >= 0.6 is 11.6 Å². The molecule has 0 aromatic heterocycles. The van der Waals surface area contributed by atoms with Gasteiger partial charge in [0.15, 0.2) is 0 Å². The minimum atomic E-state index is -0.278. The van der Waals surface area contributed by atoms with Gasteiger partial charge in [0.25, 0.3) is 0 Å². The number of methoxy groups -OCH3 is 1. The number of rotatable bonds is 7. The van der Waals surface area contributed by atoms with Gasteiger partial charge in [0.1, 0.15) is 11.6 Å². The lowest BCUT2D eigenvalue weighted by Crippen LogP contribution is -2.32. The second-order valence-electron chi connectivity index (χ2n) is 5.78. The summed E-state index contributed by atoms with van der Waals surface area (Å²) in [4.78, 5) is 14.3. The molecule has 0 fully saturated rings. The van der Waals surface area contributed by atoms with Crippen LogP contribution in [0.2, 0.25) is 5.02 Å². The second kappa shape index (κ2) is 8.83. The summed E-state index contributed by atoms with van der Waals surface area (Å²) in [5.41, 5.74) is 2.26. The van der Waals surface area contributed by atoms with Crippen molar-refractivity contribution in [2.24, 2.45) is 0 Å². The van der Waals surface area contributed by atoms with E-state index in [1.807, 2.05) is 24.8 Å². The van der Waals surface area contributed by atoms with Crippen molar-refractivity contribution in [3.05, 3.63) is 58.4 Å². The molecule has 0 saturated heterocycles. The molecule has 134 valence electrons. The largest absolute Gasteiger partial charge is 0.495 e. The Morgan fingerprint density at radius 3 is 2.72 bits per heavy atom. The van der Waals surface area contributed by atoms with Crippen LogP contribution in [0.3, 0.4) is 0 Å². The molecule has 6 heteroatoms. The van der Waals surface area contributed by atoms with Crippen LogP contribution in [-0.2, 0) is 11.3 Å². The van der Waals surface area contributed by atoms with Crippen LogP contribution in [0.1, 0.15) is 18.1 Å². The Morgan fingerprint density at radius 1 is 1.32 bits per heavy atom. The maximum Gasteiger partial charge on any atom is 0.238 e. The van der Waals surface area contributed by atoms with Gasteiger partial charge in [0.05, 0.1) is 19.3 Å². The summed E-state index contributed by atoms with van der Waals surface area (Å²) in [5, 5.41) is 3.43. The van der Waals surface area contributed by atoms with Gasteiger partial charge in [0.2, 0.25) is 5.91 Å². The summed E-state index contributed by atoms with van der Waals surface area (Å²) in [5.74, 6) is 0.0646. The van der Waals surface area contributed by atoms with E-state index in [1.165, 1.54) is 19.2 Å². The van der Waals surface area contributed by atoms with Crippen LogP contribution in [0, 0.1) is 12.7 Å². The Morgan fingerprint density at radius 2 is 2.08 bits per heavy atom. The topological polar surface area (TPSA) is 41.6 Å². The molecule has 0 bridgehead atoms. The number of carbonyl (C=O) groups is 1. The number of carbonyl (C=O) groups excluding carboxylic acids is 1. The summed E-state index contributed by atoms with van der Waals surface area (Å²) in [6.07, 6.45) is 0. The average molecular weight is 365 g/mol. The van der Waals surface area contributed by atoms with Crippen molar-refractivity contribution in [2.75, 3.05) is 25.5 Å². The highest BCUT2D eigenvalue weighted by Gasteiger charge is 2.14. The second-order valence-corrected chi connectivity index (χ2v) is 6.19. The van der Waals surface area contributed by atoms with Gasteiger partial charge < -0.3 is 10.1 Å². The fourth-order valence-corrected chi connectivity index (χ4v) is 2.65. The van der Waals surface area contributed by atoms with Crippen LogP contribution in [-0.4, -0.2) is 31.0 Å². The lowest BCUT2D eigenvalue weighted by Gasteiger charge is -2.20. The Balaban J connectivity index is 2.04. The number of nitrogens with one attached hydrogen (secondary N) is 1. The van der Waals surface area contributed by atoms with Gasteiger partial charge in [-0.2, -0.15) is 0 Å². The van der Waals surface area contributed by atoms with E-state index in [0.717, 1.165) is 11.1 Å². The zero-order chi connectivity index (χ0) is 18.4. The van der Waals surface area contributed by atoms with Gasteiger partial charge in [-0.15, -0.1) is 0 Å². The van der Waals surface area contributed by atoms with Crippen molar-refractivity contribution in [2.45, 2.75) is 20.4 Å². The first-order valence-corrected chi connectivity index (χ1v) is 8.41. The highest BCUT2D eigenvalue weighted by Crippen LogP contribution is 2.30. The molecule has 4 nitrogen and oxygen atoms in total. The molecule has 0 atom stereocenters. The zero-order valence-corrected chi connectivity index (χ0v) is 15.4. The van der Waals surface area contributed by atoms with Crippen molar-refractivity contribution >= 4 is 23.2 Å². The van der Waals surface area contributed by atoms with Crippen LogP contribution in [0.4, 0.5) is 10.1 Å². The Labute approximate surface area is 152 Å². The smallest absolute Gasteiger partial charge is 0.238 e. The van der Waals surface area contributed by atoms with Gasteiger partial charge in [0, 0.05) is 17.6 Å². The van der Waals surface area contributed by atoms with E-state index in [1.54, 1.807) is 18.2 Å². The first-order chi connectivity index (χ1) is 11.9. The third kappa shape index (κ3) is 5.44. The van der Waals surface area contributed by atoms with Crippen molar-refractivity contribution in [1.82, 2.24) is 4.90 Å². The van der Waals surface area contributed by atoms with E-state index < -0.39 is 0 Å². The Hall–Kier alpha value is -2.11. The number of benzene rings is 2. The first-order valence-electron chi connectivity index (χ1n) is 8.03. The molecule has 1 amide bonds. The highest BCUT2D eigenvalue weighted by atomic mass is 35.5. The molecule has 1 N–H and O–H groups in total. The molecule has 25 heavy (non-hydrogen) atoms. The fraction of sp³-hybridized carbons (Fsp3) is 0.316. The third-order valence-electron chi connectivity index (χ3n) is 3.86. The molecule has 0 aliphatic carbocycles. The van der Waals surface area contributed by atoms with Crippen molar-refractivity contribution in [1.29, 1.82) is 0 Å². The zero-order valence-electron chi connectivity index (χ0n) is 14.6. The molecular formula is C19H22ClFN2O2. The summed E-state index contributed by atoms with van der Waals surface area (Å²) in [6.45, 7) is 5.18. The fourth-order valence-electron chi connectivity index (χ4n) is 2.50. The van der Waals surface area contributed by atoms with Gasteiger partial charge in [-0.3, -0.25) is 9.69 Å². The number of halogens is 2. The first kappa shape index (κ1) is 19.2. The molecule has 0 radical (unpaired) electrons. The van der Waals surface area contributed by atoms with E-state index in [2.05, 4.69) is 5.32 Å². The molecule has 0 aliphatic rings. The molecule has 2 aromatic rings. The summed E-state index contributed by atoms with van der Waals surface area (Å²) in [6, 6.07) is 9.85. The predicted octanol–water partition coefficient (Wildman–Crippen LogP) is 4.26. The molecule has 0 saturated carbocycles. The number of hydrogen-bond donors (Lipinski definition) is 1. The van der Waals surface area contributed by atoms with Gasteiger partial charge in [-0.1, -0.05) is 30.7 Å². The van der Waals surface area contributed by atoms with E-state index in [4.69, 9.17) is 16.3 Å². The average Bonchev–Trinajstić information content (AvgIpc) is 2.57. The van der Waals surface area contributed by atoms with Crippen molar-refractivity contribution < 1.29 is 13.9 Å². The van der Waals surface area contributed by atoms with E-state index in [9.17, 15) is 9.18 Å². The highest BCUT2D eigenvalue weighted by molar-refractivity contribution is 6.31. The van der Waals surface area contributed by atoms with Gasteiger partial charge in [-0.25, -0.2) is 4.39 Å². The summed E-state index contributed by atoms with van der Waals surface area (Å²) < 4.78 is 18.6. The lowest BCUT2D eigenvalue weighted by atomic mass is 10.2. The molecule has 2 rings (SSSR count). The molecule has 0 aliphatic heterocycles. The van der Waals surface area contributed by atoms with Gasteiger partial charge in [-0.05, 0) is 42.8 Å². The molecule has 0 heterocycles. The lowest BCUT2D eigenvalue weighted by molar-refractivity contribution is -0.117. The molecule has 0 spiro atoms. The normalized spacial score (nSPS) is 10.8. The van der Waals surface area contributed by atoms with Crippen LogP contribution in [0.15, 0.2) is 36.4 Å². The quantitative estimate of drug-likeness (QED) is 0.798. The molecule has 0 unspecified atom stereocenters. The summed E-state index contributed by atoms with van der Waals surface area (Å²) in [7, 11) is 1.53. The van der Waals surface area contributed by atoms with Gasteiger partial charge >= 0.3 is 0 Å². The number of aryl methyl sites for hydroxylation is 1. The standard InChI is InChI=1S/C19H22ClFN2O2/c1-4-23(11-14-6-5-7-15(21)9-14)12-19(24)22-17-8-13(2)16(20)10-18(17)25-3/h5-10H,4,11-12H2,1-3H3,(H,22,24). The number of hydrogen-bond acceptors (Lipinski definition) is 3. The van der Waals surface area contributed by atoms with Crippen LogP contribution in [0.25, 0.3) is 0 Å². The maximum absolute atomic E-state index is 13.3. The third-order valence-corrected chi connectivity index (χ3v) is 4.27. The van der Waals surface area contributed by atoms with E-state index >= 15 is 0 Å². The number of anilines is 1. The maximum atomic E-state index is 13.3. The minimum Gasteiger partial charge on any atom is -0.495 e. The van der Waals surface area contributed by atoms with E-state index in [0.29, 0.717) is 29.5 Å². The minimum absolute atomic E-state index is 0.168. The number of ether oxygens (including phenoxy) is 1. The van der Waals surface area contributed by atoms with Crippen molar-refractivity contribution in [3.8, 4) is 5.75 Å². The van der Waals surface area contributed by atoms with Crippen LogP contribution < -0.4 is 10.1 Å². The monoisotopic (exact) mass is 364 g/mol. The van der Waals surface area contributed by atoms with Crippen molar-refractivity contribution in [3.63, 3.8) is 0 Å². The SMILES string of the molecule is CCN(CC(=O)Nc1cc(C)c(Cl)cc1OC)Cc1cccc(F)c1. The molecular weight excluding hydrogens is 343 g/mol. The molecule has 2 aromatic carbocycles. The Bertz CT molecular complexity index is 752. The number of nitrogens with zero attached hydrogens (tertiary/aromatic N) is 1. The number of likely N-dealkylation sites (N-methyl/N-ethyl adjacent to an activating group) is 1. The predicted molar refractivity (Wildman–Crippen MR) is 98.7 cm³/mol. The number of amides is 1.